The first-order valence-corrected chi connectivity index (χ1v) is 6.90. The zero-order valence-corrected chi connectivity index (χ0v) is 12.9. The highest BCUT2D eigenvalue weighted by molar-refractivity contribution is 9.10. The third kappa shape index (κ3) is 4.35. The number of aliphatic hydroxyl groups excluding tert-OH is 1. The first kappa shape index (κ1) is 15.6. The molecule has 1 unspecified atom stereocenters. The van der Waals surface area contributed by atoms with Gasteiger partial charge in [-0.3, -0.25) is 0 Å². The Bertz CT molecular complexity index is 376. The van der Waals surface area contributed by atoms with Crippen LogP contribution in [0.3, 0.4) is 0 Å². The molecule has 0 spiro atoms. The maximum absolute atomic E-state index is 9.12. The summed E-state index contributed by atoms with van der Waals surface area (Å²) in [6.45, 7) is 5.68. The van der Waals surface area contributed by atoms with Gasteiger partial charge in [0, 0.05) is 30.3 Å². The van der Waals surface area contributed by atoms with E-state index in [0.29, 0.717) is 13.0 Å². The second-order valence-corrected chi connectivity index (χ2v) is 5.70. The van der Waals surface area contributed by atoms with Crippen LogP contribution in [-0.4, -0.2) is 31.0 Å². The highest BCUT2D eigenvalue weighted by Gasteiger charge is 2.23. The first-order valence-electron chi connectivity index (χ1n) is 6.11. The summed E-state index contributed by atoms with van der Waals surface area (Å²) in [6, 6.07) is 6.19. The zero-order valence-electron chi connectivity index (χ0n) is 11.3. The molecule has 102 valence electrons. The van der Waals surface area contributed by atoms with Crippen molar-refractivity contribution in [2.45, 2.75) is 32.4 Å². The van der Waals surface area contributed by atoms with E-state index in [4.69, 9.17) is 9.84 Å². The Balaban J connectivity index is 2.69. The number of halogens is 1. The minimum atomic E-state index is -0.196. The molecule has 0 aromatic heterocycles. The Morgan fingerprint density at radius 2 is 2.17 bits per heavy atom. The smallest absolute Gasteiger partial charge is 0.0642 e. The molecule has 0 saturated heterocycles. The maximum Gasteiger partial charge on any atom is 0.0642 e. The van der Waals surface area contributed by atoms with Gasteiger partial charge in [0.1, 0.15) is 0 Å². The average molecular weight is 316 g/mol. The molecule has 3 nitrogen and oxygen atoms in total. The fourth-order valence-corrected chi connectivity index (χ4v) is 2.34. The molecule has 1 aromatic rings. The number of hydrogen-bond donors (Lipinski definition) is 2. The van der Waals surface area contributed by atoms with E-state index in [0.717, 1.165) is 11.0 Å². The first-order chi connectivity index (χ1) is 8.52. The zero-order chi connectivity index (χ0) is 13.6. The van der Waals surface area contributed by atoms with E-state index in [1.807, 2.05) is 12.1 Å². The van der Waals surface area contributed by atoms with Crippen LogP contribution in [0, 0.1) is 6.92 Å². The topological polar surface area (TPSA) is 41.5 Å². The third-order valence-electron chi connectivity index (χ3n) is 3.21. The lowest BCUT2D eigenvalue weighted by Gasteiger charge is -2.30. The van der Waals surface area contributed by atoms with Crippen molar-refractivity contribution in [1.82, 2.24) is 5.32 Å². The van der Waals surface area contributed by atoms with E-state index in [1.165, 1.54) is 11.1 Å². The Labute approximate surface area is 118 Å². The molecule has 0 heterocycles. The van der Waals surface area contributed by atoms with Crippen molar-refractivity contribution < 1.29 is 9.84 Å². The SMILES string of the molecule is COCC(C)(CCO)NCc1cccc(Br)c1C. The van der Waals surface area contributed by atoms with Gasteiger partial charge in [-0.25, -0.2) is 0 Å². The molecule has 1 atom stereocenters. The van der Waals surface area contributed by atoms with Gasteiger partial charge in [0.25, 0.3) is 0 Å². The molecule has 0 aliphatic carbocycles. The molecular formula is C14H22BrNO2. The quantitative estimate of drug-likeness (QED) is 0.812. The molecule has 18 heavy (non-hydrogen) atoms. The van der Waals surface area contributed by atoms with Crippen LogP contribution < -0.4 is 5.32 Å². The minimum absolute atomic E-state index is 0.157. The fraction of sp³-hybridized carbons (Fsp3) is 0.571. The van der Waals surface area contributed by atoms with Crippen LogP contribution in [-0.2, 0) is 11.3 Å². The van der Waals surface area contributed by atoms with Crippen molar-refractivity contribution in [3.8, 4) is 0 Å². The van der Waals surface area contributed by atoms with E-state index < -0.39 is 0 Å². The van der Waals surface area contributed by atoms with Gasteiger partial charge >= 0.3 is 0 Å². The van der Waals surface area contributed by atoms with Crippen molar-refractivity contribution in [2.75, 3.05) is 20.3 Å². The standard InChI is InChI=1S/C14H22BrNO2/c1-11-12(5-4-6-13(11)15)9-16-14(2,7-8-17)10-18-3/h4-6,16-17H,7-10H2,1-3H3. The van der Waals surface area contributed by atoms with Crippen LogP contribution in [0.25, 0.3) is 0 Å². The summed E-state index contributed by atoms with van der Waals surface area (Å²) in [6.07, 6.45) is 0.674. The molecule has 0 aliphatic rings. The highest BCUT2D eigenvalue weighted by atomic mass is 79.9. The number of nitrogens with one attached hydrogen (secondary N) is 1. The van der Waals surface area contributed by atoms with Crippen molar-refractivity contribution in [3.63, 3.8) is 0 Å². The van der Waals surface area contributed by atoms with Crippen LogP contribution in [0.1, 0.15) is 24.5 Å². The molecule has 0 bridgehead atoms. The Morgan fingerprint density at radius 3 is 2.78 bits per heavy atom. The molecule has 0 saturated carbocycles. The van der Waals surface area contributed by atoms with Crippen LogP contribution in [0.4, 0.5) is 0 Å². The molecule has 2 N–H and O–H groups in total. The predicted molar refractivity (Wildman–Crippen MR) is 77.7 cm³/mol. The van der Waals surface area contributed by atoms with Gasteiger partial charge in [-0.05, 0) is 37.5 Å². The molecule has 0 amide bonds. The normalized spacial score (nSPS) is 14.5. The van der Waals surface area contributed by atoms with Crippen molar-refractivity contribution in [1.29, 1.82) is 0 Å². The third-order valence-corrected chi connectivity index (χ3v) is 4.07. The summed E-state index contributed by atoms with van der Waals surface area (Å²) < 4.78 is 6.34. The van der Waals surface area contributed by atoms with E-state index >= 15 is 0 Å². The van der Waals surface area contributed by atoms with Gasteiger partial charge in [-0.15, -0.1) is 0 Å². The van der Waals surface area contributed by atoms with Crippen LogP contribution in [0.5, 0.6) is 0 Å². The van der Waals surface area contributed by atoms with Gasteiger partial charge < -0.3 is 15.2 Å². The largest absolute Gasteiger partial charge is 0.396 e. The Morgan fingerprint density at radius 1 is 1.44 bits per heavy atom. The van der Waals surface area contributed by atoms with E-state index in [9.17, 15) is 0 Å². The summed E-state index contributed by atoms with van der Waals surface area (Å²) in [7, 11) is 1.68. The van der Waals surface area contributed by atoms with Crippen molar-refractivity contribution in [3.05, 3.63) is 33.8 Å². The average Bonchev–Trinajstić information content (AvgIpc) is 2.32. The second kappa shape index (κ2) is 7.24. The molecule has 1 rings (SSSR count). The number of aliphatic hydroxyl groups is 1. The van der Waals surface area contributed by atoms with Gasteiger partial charge in [-0.2, -0.15) is 0 Å². The molecule has 0 radical (unpaired) electrons. The van der Waals surface area contributed by atoms with Gasteiger partial charge in [0.15, 0.2) is 0 Å². The summed E-state index contributed by atoms with van der Waals surface area (Å²) in [5, 5.41) is 12.6. The van der Waals surface area contributed by atoms with E-state index in [1.54, 1.807) is 7.11 Å². The Hall–Kier alpha value is -0.420. The van der Waals surface area contributed by atoms with Crippen LogP contribution in [0.15, 0.2) is 22.7 Å². The lowest BCUT2D eigenvalue weighted by atomic mass is 9.98. The Kier molecular flexibility index (Phi) is 6.29. The van der Waals surface area contributed by atoms with Gasteiger partial charge in [0.05, 0.1) is 6.61 Å². The number of methoxy groups -OCH3 is 1. The maximum atomic E-state index is 9.12. The number of hydrogen-bond acceptors (Lipinski definition) is 3. The van der Waals surface area contributed by atoms with Crippen molar-refractivity contribution >= 4 is 15.9 Å². The van der Waals surface area contributed by atoms with E-state index in [2.05, 4.69) is 41.2 Å². The molecule has 0 aliphatic heterocycles. The predicted octanol–water partition coefficient (Wildman–Crippen LogP) is 2.63. The van der Waals surface area contributed by atoms with Crippen molar-refractivity contribution in [2.24, 2.45) is 0 Å². The van der Waals surface area contributed by atoms with Gasteiger partial charge in [-0.1, -0.05) is 28.1 Å². The molecular weight excluding hydrogens is 294 g/mol. The summed E-state index contributed by atoms with van der Waals surface area (Å²) >= 11 is 3.54. The van der Waals surface area contributed by atoms with Crippen LogP contribution >= 0.6 is 15.9 Å². The monoisotopic (exact) mass is 315 g/mol. The number of benzene rings is 1. The minimum Gasteiger partial charge on any atom is -0.396 e. The highest BCUT2D eigenvalue weighted by Crippen LogP contribution is 2.20. The van der Waals surface area contributed by atoms with Gasteiger partial charge in [0.2, 0.25) is 0 Å². The molecule has 0 fully saturated rings. The summed E-state index contributed by atoms with van der Waals surface area (Å²) in [4.78, 5) is 0. The summed E-state index contributed by atoms with van der Waals surface area (Å²) in [5.41, 5.74) is 2.30. The fourth-order valence-electron chi connectivity index (χ4n) is 1.93. The number of rotatable bonds is 7. The lowest BCUT2D eigenvalue weighted by Crippen LogP contribution is -2.46. The lowest BCUT2D eigenvalue weighted by molar-refractivity contribution is 0.0969. The van der Waals surface area contributed by atoms with Crippen LogP contribution in [0.2, 0.25) is 0 Å². The molecule has 4 heteroatoms. The van der Waals surface area contributed by atoms with E-state index in [-0.39, 0.29) is 12.1 Å². The second-order valence-electron chi connectivity index (χ2n) is 4.84. The summed E-state index contributed by atoms with van der Waals surface area (Å²) in [5.74, 6) is 0. The molecule has 1 aromatic carbocycles. The number of ether oxygens (including phenoxy) is 1.